The molecule has 0 amide bonds. The smallest absolute Gasteiger partial charge is 0.169 e. The van der Waals surface area contributed by atoms with Gasteiger partial charge in [-0.2, -0.15) is 0 Å². The lowest BCUT2D eigenvalue weighted by molar-refractivity contribution is 0.379. The van der Waals surface area contributed by atoms with Gasteiger partial charge in [-0.05, 0) is 36.4 Å². The molecule has 0 aliphatic rings. The van der Waals surface area contributed by atoms with E-state index in [1.807, 2.05) is 24.3 Å². The molecular weight excluding hydrogens is 228 g/mol. The molecule has 2 aromatic rings. The number of amidine groups is 1. The standard InChI is InChI=1S/C14H14N2O2/c1-17-12-4-2-3-5-13(12)18-11-8-6-10(7-9-11)14(15)16/h2-9H,1H3,(H3,15,16). The van der Waals surface area contributed by atoms with Crippen molar-refractivity contribution in [1.82, 2.24) is 0 Å². The highest BCUT2D eigenvalue weighted by Crippen LogP contribution is 2.30. The van der Waals surface area contributed by atoms with Crippen LogP contribution in [0.4, 0.5) is 0 Å². The molecule has 0 saturated carbocycles. The Hall–Kier alpha value is -2.49. The topological polar surface area (TPSA) is 68.3 Å². The van der Waals surface area contributed by atoms with Crippen molar-refractivity contribution in [2.75, 3.05) is 7.11 Å². The van der Waals surface area contributed by atoms with Crippen LogP contribution in [0.25, 0.3) is 0 Å². The minimum absolute atomic E-state index is 0.0406. The lowest BCUT2D eigenvalue weighted by atomic mass is 10.2. The Bertz CT molecular complexity index is 550. The van der Waals surface area contributed by atoms with Gasteiger partial charge >= 0.3 is 0 Å². The summed E-state index contributed by atoms with van der Waals surface area (Å²) in [5.41, 5.74) is 6.05. The fourth-order valence-electron chi connectivity index (χ4n) is 1.53. The molecule has 0 heterocycles. The lowest BCUT2D eigenvalue weighted by Crippen LogP contribution is -2.10. The molecule has 0 aliphatic carbocycles. The summed E-state index contributed by atoms with van der Waals surface area (Å²) < 4.78 is 10.9. The summed E-state index contributed by atoms with van der Waals surface area (Å²) in [7, 11) is 1.60. The van der Waals surface area contributed by atoms with Crippen LogP contribution < -0.4 is 15.2 Å². The van der Waals surface area contributed by atoms with E-state index in [1.54, 1.807) is 31.4 Å². The van der Waals surface area contributed by atoms with Crippen molar-refractivity contribution < 1.29 is 9.47 Å². The van der Waals surface area contributed by atoms with Gasteiger partial charge in [-0.25, -0.2) is 0 Å². The molecule has 2 rings (SSSR count). The molecule has 0 aliphatic heterocycles. The Morgan fingerprint density at radius 2 is 1.61 bits per heavy atom. The van der Waals surface area contributed by atoms with Crippen molar-refractivity contribution >= 4 is 5.84 Å². The summed E-state index contributed by atoms with van der Waals surface area (Å²) in [6.45, 7) is 0. The summed E-state index contributed by atoms with van der Waals surface area (Å²) in [6, 6.07) is 14.4. The minimum Gasteiger partial charge on any atom is -0.493 e. The third-order valence-electron chi connectivity index (χ3n) is 2.46. The lowest BCUT2D eigenvalue weighted by Gasteiger charge is -2.10. The van der Waals surface area contributed by atoms with E-state index in [0.717, 1.165) is 0 Å². The molecule has 0 unspecified atom stereocenters. The van der Waals surface area contributed by atoms with Gasteiger partial charge in [0.05, 0.1) is 7.11 Å². The Balaban J connectivity index is 2.21. The van der Waals surface area contributed by atoms with Gasteiger partial charge in [0.1, 0.15) is 11.6 Å². The maximum Gasteiger partial charge on any atom is 0.169 e. The SMILES string of the molecule is COc1ccccc1Oc1ccc(C(=N)N)cc1. The van der Waals surface area contributed by atoms with Crippen LogP contribution in [-0.4, -0.2) is 12.9 Å². The summed E-state index contributed by atoms with van der Waals surface area (Å²) in [5, 5.41) is 7.31. The predicted octanol–water partition coefficient (Wildman–Crippen LogP) is 2.77. The van der Waals surface area contributed by atoms with Crippen LogP contribution in [0.1, 0.15) is 5.56 Å². The zero-order valence-electron chi connectivity index (χ0n) is 10.0. The number of nitrogen functional groups attached to an aromatic ring is 1. The van der Waals surface area contributed by atoms with E-state index in [1.165, 1.54) is 0 Å². The second-order valence-corrected chi connectivity index (χ2v) is 3.69. The van der Waals surface area contributed by atoms with Gasteiger partial charge in [0.25, 0.3) is 0 Å². The third-order valence-corrected chi connectivity index (χ3v) is 2.46. The molecule has 4 nitrogen and oxygen atoms in total. The third kappa shape index (κ3) is 2.60. The number of rotatable bonds is 4. The van der Waals surface area contributed by atoms with E-state index in [2.05, 4.69) is 0 Å². The fraction of sp³-hybridized carbons (Fsp3) is 0.0714. The monoisotopic (exact) mass is 242 g/mol. The van der Waals surface area contributed by atoms with Crippen LogP contribution in [0.2, 0.25) is 0 Å². The Morgan fingerprint density at radius 1 is 1.00 bits per heavy atom. The zero-order valence-corrected chi connectivity index (χ0v) is 10.0. The zero-order chi connectivity index (χ0) is 13.0. The van der Waals surface area contributed by atoms with Gasteiger partial charge in [-0.3, -0.25) is 5.41 Å². The highest BCUT2D eigenvalue weighted by Gasteiger charge is 2.04. The maximum atomic E-state index is 7.31. The summed E-state index contributed by atoms with van der Waals surface area (Å²) in [5.74, 6) is 2.03. The quantitative estimate of drug-likeness (QED) is 0.639. The van der Waals surface area contributed by atoms with Crippen LogP contribution in [0.15, 0.2) is 48.5 Å². The molecule has 0 fully saturated rings. The molecule has 0 aromatic heterocycles. The molecule has 92 valence electrons. The van der Waals surface area contributed by atoms with Gasteiger partial charge < -0.3 is 15.2 Å². The molecule has 4 heteroatoms. The van der Waals surface area contributed by atoms with Crippen LogP contribution in [0, 0.1) is 5.41 Å². The van der Waals surface area contributed by atoms with Gasteiger partial charge in [0, 0.05) is 5.56 Å². The van der Waals surface area contributed by atoms with E-state index < -0.39 is 0 Å². The van der Waals surface area contributed by atoms with Crippen molar-refractivity contribution in [3.8, 4) is 17.2 Å². The molecule has 0 spiro atoms. The van der Waals surface area contributed by atoms with E-state index >= 15 is 0 Å². The van der Waals surface area contributed by atoms with Crippen molar-refractivity contribution in [2.45, 2.75) is 0 Å². The average molecular weight is 242 g/mol. The highest BCUT2D eigenvalue weighted by atomic mass is 16.5. The van der Waals surface area contributed by atoms with Crippen molar-refractivity contribution in [3.63, 3.8) is 0 Å². The summed E-state index contributed by atoms with van der Waals surface area (Å²) >= 11 is 0. The maximum absolute atomic E-state index is 7.31. The van der Waals surface area contributed by atoms with Crippen LogP contribution in [0.5, 0.6) is 17.2 Å². The number of methoxy groups -OCH3 is 1. The van der Waals surface area contributed by atoms with E-state index in [0.29, 0.717) is 22.8 Å². The molecule has 0 saturated heterocycles. The Labute approximate surface area is 105 Å². The normalized spacial score (nSPS) is 9.83. The van der Waals surface area contributed by atoms with Crippen LogP contribution >= 0.6 is 0 Å². The number of para-hydroxylation sites is 2. The first-order valence-electron chi connectivity index (χ1n) is 5.46. The molecule has 18 heavy (non-hydrogen) atoms. The largest absolute Gasteiger partial charge is 0.493 e. The molecule has 0 bridgehead atoms. The number of benzene rings is 2. The van der Waals surface area contributed by atoms with Gasteiger partial charge in [0.2, 0.25) is 0 Å². The molecular formula is C14H14N2O2. The fourth-order valence-corrected chi connectivity index (χ4v) is 1.53. The molecule has 0 atom stereocenters. The average Bonchev–Trinajstić information content (AvgIpc) is 2.40. The highest BCUT2D eigenvalue weighted by molar-refractivity contribution is 5.94. The van der Waals surface area contributed by atoms with Gasteiger partial charge in [-0.15, -0.1) is 0 Å². The number of nitrogens with one attached hydrogen (secondary N) is 1. The molecule has 3 N–H and O–H groups in total. The van der Waals surface area contributed by atoms with Gasteiger partial charge in [-0.1, -0.05) is 12.1 Å². The second kappa shape index (κ2) is 5.23. The number of hydrogen-bond donors (Lipinski definition) is 2. The first-order valence-corrected chi connectivity index (χ1v) is 5.46. The summed E-state index contributed by atoms with van der Waals surface area (Å²) in [6.07, 6.45) is 0. The first kappa shape index (κ1) is 12.0. The summed E-state index contributed by atoms with van der Waals surface area (Å²) in [4.78, 5) is 0. The van der Waals surface area contributed by atoms with Crippen molar-refractivity contribution in [1.29, 1.82) is 5.41 Å². The second-order valence-electron chi connectivity index (χ2n) is 3.69. The van der Waals surface area contributed by atoms with E-state index in [-0.39, 0.29) is 5.84 Å². The Morgan fingerprint density at radius 3 is 2.17 bits per heavy atom. The number of nitrogens with two attached hydrogens (primary N) is 1. The molecule has 0 radical (unpaired) electrons. The van der Waals surface area contributed by atoms with Gasteiger partial charge in [0.15, 0.2) is 11.5 Å². The van der Waals surface area contributed by atoms with Crippen molar-refractivity contribution in [2.24, 2.45) is 5.73 Å². The van der Waals surface area contributed by atoms with E-state index in [4.69, 9.17) is 20.6 Å². The van der Waals surface area contributed by atoms with Crippen LogP contribution in [0.3, 0.4) is 0 Å². The van der Waals surface area contributed by atoms with Crippen molar-refractivity contribution in [3.05, 3.63) is 54.1 Å². The number of hydrogen-bond acceptors (Lipinski definition) is 3. The minimum atomic E-state index is 0.0406. The Kier molecular flexibility index (Phi) is 3.48. The van der Waals surface area contributed by atoms with E-state index in [9.17, 15) is 0 Å². The molecule has 2 aromatic carbocycles. The first-order chi connectivity index (χ1) is 8.70. The number of ether oxygens (including phenoxy) is 2. The van der Waals surface area contributed by atoms with Crippen LogP contribution in [-0.2, 0) is 0 Å². The predicted molar refractivity (Wildman–Crippen MR) is 70.5 cm³/mol.